The van der Waals surface area contributed by atoms with Crippen LogP contribution in [0.3, 0.4) is 0 Å². The molecule has 6 atom stereocenters. The van der Waals surface area contributed by atoms with Gasteiger partial charge in [0.05, 0.1) is 6.10 Å². The van der Waals surface area contributed by atoms with E-state index in [0.29, 0.717) is 11.5 Å². The molecule has 0 aliphatic heterocycles. The highest BCUT2D eigenvalue weighted by Crippen LogP contribution is 2.74. The van der Waals surface area contributed by atoms with E-state index in [2.05, 4.69) is 52.8 Å². The normalized spacial score (nSPS) is 46.6. The fraction of sp³-hybridized carbons (Fsp3) is 0.607. The number of allylic oxidation sites excluding steroid dienone is 9. The second-order valence-electron chi connectivity index (χ2n) is 11.9. The Morgan fingerprint density at radius 1 is 1.06 bits per heavy atom. The van der Waals surface area contributed by atoms with Gasteiger partial charge in [-0.05, 0) is 79.9 Å². The number of aliphatic hydroxyl groups is 2. The van der Waals surface area contributed by atoms with E-state index >= 15 is 0 Å². The first-order valence-corrected chi connectivity index (χ1v) is 11.8. The van der Waals surface area contributed by atoms with Crippen LogP contribution >= 0.6 is 0 Å². The van der Waals surface area contributed by atoms with Crippen LogP contribution in [0, 0.1) is 27.6 Å². The van der Waals surface area contributed by atoms with Crippen molar-refractivity contribution in [3.05, 3.63) is 57.9 Å². The van der Waals surface area contributed by atoms with E-state index < -0.39 is 0 Å². The molecular weight excluding hydrogens is 384 g/mol. The second-order valence-corrected chi connectivity index (χ2v) is 11.9. The van der Waals surface area contributed by atoms with E-state index in [1.807, 2.05) is 6.92 Å². The van der Waals surface area contributed by atoms with Gasteiger partial charge in [-0.25, -0.2) is 0 Å². The maximum Gasteiger partial charge on any atom is 0.220 e. The zero-order valence-electron chi connectivity index (χ0n) is 19.8. The van der Waals surface area contributed by atoms with Crippen LogP contribution in [0.1, 0.15) is 73.6 Å². The molecule has 31 heavy (non-hydrogen) atoms. The molecule has 166 valence electrons. The van der Waals surface area contributed by atoms with Crippen LogP contribution in [0.5, 0.6) is 0 Å². The van der Waals surface area contributed by atoms with Crippen LogP contribution < -0.4 is 0 Å². The largest absolute Gasteiger partial charge is 0.504 e. The Balaban J connectivity index is 1.69. The number of hydrogen-bond acceptors (Lipinski definition) is 3. The van der Waals surface area contributed by atoms with Gasteiger partial charge in [-0.1, -0.05) is 57.1 Å². The molecule has 0 aromatic heterocycles. The molecule has 5 aliphatic carbocycles. The van der Waals surface area contributed by atoms with Crippen molar-refractivity contribution in [2.75, 3.05) is 0 Å². The van der Waals surface area contributed by atoms with E-state index in [-0.39, 0.29) is 39.3 Å². The van der Waals surface area contributed by atoms with Crippen molar-refractivity contribution < 1.29 is 15.0 Å². The van der Waals surface area contributed by atoms with E-state index in [1.54, 1.807) is 6.08 Å². The molecule has 2 fully saturated rings. The molecule has 2 saturated carbocycles. The number of carbonyl (C=O) groups is 1. The Morgan fingerprint density at radius 2 is 1.77 bits per heavy atom. The highest BCUT2D eigenvalue weighted by atomic mass is 16.3. The number of ketones is 1. The van der Waals surface area contributed by atoms with E-state index in [4.69, 9.17) is 0 Å². The van der Waals surface area contributed by atoms with E-state index in [9.17, 15) is 15.0 Å². The topological polar surface area (TPSA) is 57.5 Å². The maximum absolute atomic E-state index is 12.5. The lowest BCUT2D eigenvalue weighted by atomic mass is 9.35. The van der Waals surface area contributed by atoms with E-state index in [1.165, 1.54) is 11.1 Å². The minimum Gasteiger partial charge on any atom is -0.504 e. The van der Waals surface area contributed by atoms with Crippen molar-refractivity contribution in [3.63, 3.8) is 0 Å². The van der Waals surface area contributed by atoms with Crippen LogP contribution in [-0.2, 0) is 4.79 Å². The summed E-state index contributed by atoms with van der Waals surface area (Å²) in [6.45, 7) is 13.5. The molecule has 0 bridgehead atoms. The molecule has 0 aromatic carbocycles. The first-order chi connectivity index (χ1) is 14.4. The fourth-order valence-electron chi connectivity index (χ4n) is 8.13. The molecule has 0 heterocycles. The van der Waals surface area contributed by atoms with Crippen molar-refractivity contribution in [2.45, 2.75) is 79.8 Å². The number of fused-ring (bicyclic) bond motifs is 7. The predicted octanol–water partition coefficient (Wildman–Crippen LogP) is 6.13. The molecule has 3 heteroatoms. The zero-order chi connectivity index (χ0) is 22.6. The molecule has 3 nitrogen and oxygen atoms in total. The predicted molar refractivity (Wildman–Crippen MR) is 123 cm³/mol. The van der Waals surface area contributed by atoms with Gasteiger partial charge in [0.2, 0.25) is 5.78 Å². The van der Waals surface area contributed by atoms with Crippen LogP contribution in [0.25, 0.3) is 0 Å². The van der Waals surface area contributed by atoms with Crippen molar-refractivity contribution in [2.24, 2.45) is 27.6 Å². The molecular formula is C28H36O3. The molecule has 2 N–H and O–H groups in total. The van der Waals surface area contributed by atoms with Crippen LogP contribution in [0.15, 0.2) is 57.9 Å². The lowest BCUT2D eigenvalue weighted by Gasteiger charge is -2.69. The molecule has 5 rings (SSSR count). The SMILES string of the molecule is CC1=CC[C@@]2(C)[C@@H](C1)[C@]1(C)CC[C@@]3(C)C4=CC(=O)C(O)=C(C)C4=CC=C3[C@@]1(C)C[C@@H]2O. The Bertz CT molecular complexity index is 1050. The van der Waals surface area contributed by atoms with Gasteiger partial charge in [0, 0.05) is 16.4 Å². The van der Waals surface area contributed by atoms with Gasteiger partial charge in [0.25, 0.3) is 0 Å². The highest BCUT2D eigenvalue weighted by Gasteiger charge is 2.67. The third kappa shape index (κ3) is 2.36. The average molecular weight is 421 g/mol. The summed E-state index contributed by atoms with van der Waals surface area (Å²) in [5, 5.41) is 21.8. The smallest absolute Gasteiger partial charge is 0.220 e. The summed E-state index contributed by atoms with van der Waals surface area (Å²) in [7, 11) is 0. The Kier molecular flexibility index (Phi) is 4.15. The van der Waals surface area contributed by atoms with Crippen LogP contribution in [-0.4, -0.2) is 22.1 Å². The number of carbonyl (C=O) groups excluding carboxylic acids is 1. The molecule has 0 unspecified atom stereocenters. The van der Waals surface area contributed by atoms with Gasteiger partial charge in [-0.3, -0.25) is 4.79 Å². The number of hydrogen-bond donors (Lipinski definition) is 2. The summed E-state index contributed by atoms with van der Waals surface area (Å²) in [4.78, 5) is 12.5. The van der Waals surface area contributed by atoms with Gasteiger partial charge in [0.1, 0.15) is 0 Å². The zero-order valence-corrected chi connectivity index (χ0v) is 19.8. The molecule has 0 spiro atoms. The minimum absolute atomic E-state index is 0.0804. The monoisotopic (exact) mass is 420 g/mol. The first kappa shape index (κ1) is 21.0. The average Bonchev–Trinajstić information content (AvgIpc) is 2.71. The summed E-state index contributed by atoms with van der Waals surface area (Å²) in [6.07, 6.45) is 12.9. The number of rotatable bonds is 0. The van der Waals surface area contributed by atoms with Crippen molar-refractivity contribution >= 4 is 5.78 Å². The summed E-state index contributed by atoms with van der Waals surface area (Å²) in [6, 6.07) is 0. The van der Waals surface area contributed by atoms with Gasteiger partial charge in [0.15, 0.2) is 5.76 Å². The van der Waals surface area contributed by atoms with Crippen LogP contribution in [0.4, 0.5) is 0 Å². The standard InChI is InChI=1S/C28H36O3/c1-16-9-10-26(4)22(13-16)27(5)12-11-25(3)19-14-20(29)24(31)17(2)18(19)7-8-21(25)28(27,6)15-23(26)30/h7-9,14,22-23,30-31H,10-13,15H2,1-6H3/t22-,23+,25+,26+,27+,28-/m1/s1. The Morgan fingerprint density at radius 3 is 2.48 bits per heavy atom. The summed E-state index contributed by atoms with van der Waals surface area (Å²) in [5.74, 6) is 0.0211. The third-order valence-corrected chi connectivity index (χ3v) is 10.5. The first-order valence-electron chi connectivity index (χ1n) is 11.8. The fourth-order valence-corrected chi connectivity index (χ4v) is 8.13. The van der Waals surface area contributed by atoms with Gasteiger partial charge in [-0.2, -0.15) is 0 Å². The summed E-state index contributed by atoms with van der Waals surface area (Å²) >= 11 is 0. The van der Waals surface area contributed by atoms with Gasteiger partial charge in [-0.15, -0.1) is 0 Å². The van der Waals surface area contributed by atoms with Gasteiger partial charge >= 0.3 is 0 Å². The maximum atomic E-state index is 12.5. The number of aliphatic hydroxyl groups excluding tert-OH is 2. The molecule has 0 aromatic rings. The Hall–Kier alpha value is -1.87. The van der Waals surface area contributed by atoms with Crippen molar-refractivity contribution in [3.8, 4) is 0 Å². The quantitative estimate of drug-likeness (QED) is 0.463. The molecule has 0 amide bonds. The second kappa shape index (κ2) is 6.13. The Labute approximate surface area is 186 Å². The minimum atomic E-state index is -0.346. The van der Waals surface area contributed by atoms with Crippen molar-refractivity contribution in [1.29, 1.82) is 0 Å². The van der Waals surface area contributed by atoms with E-state index in [0.717, 1.165) is 43.3 Å². The summed E-state index contributed by atoms with van der Waals surface area (Å²) < 4.78 is 0. The van der Waals surface area contributed by atoms with Crippen LogP contribution in [0.2, 0.25) is 0 Å². The van der Waals surface area contributed by atoms with Gasteiger partial charge < -0.3 is 10.2 Å². The third-order valence-electron chi connectivity index (χ3n) is 10.5. The molecule has 0 radical (unpaired) electrons. The summed E-state index contributed by atoms with van der Waals surface area (Å²) in [5.41, 5.74) is 5.14. The molecule has 0 saturated heterocycles. The molecule has 5 aliphatic rings. The van der Waals surface area contributed by atoms with Crippen molar-refractivity contribution in [1.82, 2.24) is 0 Å². The lowest BCUT2D eigenvalue weighted by Crippen LogP contribution is -2.64. The highest BCUT2D eigenvalue weighted by molar-refractivity contribution is 6.06. The lowest BCUT2D eigenvalue weighted by molar-refractivity contribution is -0.183.